The van der Waals surface area contributed by atoms with Crippen molar-refractivity contribution in [3.05, 3.63) is 36.0 Å². The highest BCUT2D eigenvalue weighted by molar-refractivity contribution is 8.14. The van der Waals surface area contributed by atoms with Gasteiger partial charge >= 0.3 is 10.4 Å². The first-order chi connectivity index (χ1) is 15.0. The lowest BCUT2D eigenvalue weighted by Crippen LogP contribution is -2.57. The maximum Gasteiger partial charge on any atom is 0.466 e. The Hall–Kier alpha value is -2.04. The Kier molecular flexibility index (Phi) is 7.57. The Balaban J connectivity index is 1.94. The number of hydrogen-bond acceptors (Lipinski definition) is 11. The van der Waals surface area contributed by atoms with E-state index in [0.717, 1.165) is 0 Å². The smallest absolute Gasteiger partial charge is 0.394 e. The first-order valence-electron chi connectivity index (χ1n) is 9.32. The summed E-state index contributed by atoms with van der Waals surface area (Å²) in [6.07, 6.45) is -4.60. The molecule has 0 spiro atoms. The standard InChI is InChI=1S/C18H22N2O10S2/c1-9(22)20-7-10(11-4-2-3-5-12(11)20)6-14(19-30-32(26,27)28)31-18-17(25)16(24)15(23)13(8-21)29-18/h2-5,7,13,15-18,21,23-25H,6,8H2,1H3,(H,26,27,28). The number of carbonyl (C=O) groups is 1. The van der Waals surface area contributed by atoms with Gasteiger partial charge in [-0.1, -0.05) is 35.1 Å². The minimum Gasteiger partial charge on any atom is -0.394 e. The number of benzene rings is 1. The molecule has 0 bridgehead atoms. The average molecular weight is 491 g/mol. The molecule has 0 amide bonds. The van der Waals surface area contributed by atoms with Crippen molar-refractivity contribution in [3.8, 4) is 0 Å². The van der Waals surface area contributed by atoms with Crippen LogP contribution in [0.3, 0.4) is 0 Å². The van der Waals surface area contributed by atoms with E-state index in [1.54, 1.807) is 24.3 Å². The van der Waals surface area contributed by atoms with Gasteiger partial charge in [-0.15, -0.1) is 0 Å². The fraction of sp³-hybridized carbons (Fsp3) is 0.444. The fourth-order valence-corrected chi connectivity index (χ4v) is 4.61. The molecule has 12 nitrogen and oxygen atoms in total. The molecule has 1 saturated heterocycles. The van der Waals surface area contributed by atoms with E-state index in [1.165, 1.54) is 17.7 Å². The number of hydrogen-bond donors (Lipinski definition) is 5. The molecular weight excluding hydrogens is 468 g/mol. The molecule has 0 saturated carbocycles. The lowest BCUT2D eigenvalue weighted by atomic mass is 10.0. The summed E-state index contributed by atoms with van der Waals surface area (Å²) in [5.41, 5.74) is -0.121. The Morgan fingerprint density at radius 1 is 1.22 bits per heavy atom. The number of aliphatic hydroxyl groups is 4. The third-order valence-corrected chi connectivity index (χ3v) is 6.19. The quantitative estimate of drug-likeness (QED) is 0.152. The minimum absolute atomic E-state index is 0.0987. The molecule has 176 valence electrons. The first-order valence-corrected chi connectivity index (χ1v) is 11.6. The van der Waals surface area contributed by atoms with E-state index in [9.17, 15) is 33.6 Å². The lowest BCUT2D eigenvalue weighted by molar-refractivity contribution is -0.205. The second kappa shape index (κ2) is 9.84. The Labute approximate surface area is 187 Å². The minimum atomic E-state index is -4.94. The molecule has 1 fully saturated rings. The second-order valence-corrected chi connectivity index (χ2v) is 9.22. The highest BCUT2D eigenvalue weighted by Gasteiger charge is 2.44. The predicted molar refractivity (Wildman–Crippen MR) is 113 cm³/mol. The Morgan fingerprint density at radius 3 is 2.53 bits per heavy atom. The number of aliphatic hydroxyl groups excluding tert-OH is 4. The van der Waals surface area contributed by atoms with E-state index < -0.39 is 46.9 Å². The molecule has 0 radical (unpaired) electrons. The average Bonchev–Trinajstić information content (AvgIpc) is 3.10. The van der Waals surface area contributed by atoms with Crippen LogP contribution in [0.4, 0.5) is 0 Å². The van der Waals surface area contributed by atoms with E-state index in [0.29, 0.717) is 28.2 Å². The van der Waals surface area contributed by atoms with Gasteiger partial charge in [-0.05, 0) is 11.6 Å². The molecule has 5 unspecified atom stereocenters. The number of oxime groups is 1. The van der Waals surface area contributed by atoms with Gasteiger partial charge in [-0.3, -0.25) is 13.9 Å². The fourth-order valence-electron chi connectivity index (χ4n) is 3.30. The molecule has 1 aromatic heterocycles. The zero-order valence-electron chi connectivity index (χ0n) is 16.7. The maximum atomic E-state index is 12.0. The molecule has 2 aromatic rings. The van der Waals surface area contributed by atoms with Crippen LogP contribution in [0.2, 0.25) is 0 Å². The summed E-state index contributed by atoms with van der Waals surface area (Å²) < 4.78 is 41.9. The van der Waals surface area contributed by atoms with Crippen LogP contribution in [0.25, 0.3) is 10.9 Å². The van der Waals surface area contributed by atoms with Crippen molar-refractivity contribution in [2.24, 2.45) is 5.16 Å². The van der Waals surface area contributed by atoms with E-state index in [-0.39, 0.29) is 17.4 Å². The number of thioether (sulfide) groups is 1. The molecule has 2 heterocycles. The van der Waals surface area contributed by atoms with Gasteiger partial charge in [0.1, 0.15) is 34.9 Å². The van der Waals surface area contributed by atoms with Gasteiger partial charge < -0.3 is 25.2 Å². The summed E-state index contributed by atoms with van der Waals surface area (Å²) >= 11 is 0.661. The van der Waals surface area contributed by atoms with Crippen molar-refractivity contribution in [2.45, 2.75) is 43.2 Å². The topological polar surface area (TPSA) is 188 Å². The van der Waals surface area contributed by atoms with Crippen molar-refractivity contribution in [2.75, 3.05) is 6.61 Å². The highest BCUT2D eigenvalue weighted by atomic mass is 32.3. The number of fused-ring (bicyclic) bond motifs is 1. The summed E-state index contributed by atoms with van der Waals surface area (Å²) in [4.78, 5) is 12.0. The van der Waals surface area contributed by atoms with Crippen LogP contribution in [0.15, 0.2) is 35.6 Å². The molecule has 1 aliphatic rings. The molecule has 0 aliphatic carbocycles. The number of nitrogens with zero attached hydrogens (tertiary/aromatic N) is 2. The molecule has 5 N–H and O–H groups in total. The van der Waals surface area contributed by atoms with E-state index in [2.05, 4.69) is 9.44 Å². The normalized spacial score (nSPS) is 26.9. The summed E-state index contributed by atoms with van der Waals surface area (Å²) in [6, 6.07) is 6.94. The summed E-state index contributed by atoms with van der Waals surface area (Å²) in [5, 5.41) is 43.5. The van der Waals surface area contributed by atoms with Crippen LogP contribution < -0.4 is 0 Å². The molecule has 32 heavy (non-hydrogen) atoms. The van der Waals surface area contributed by atoms with Crippen molar-refractivity contribution in [1.82, 2.24) is 4.57 Å². The van der Waals surface area contributed by atoms with E-state index in [1.807, 2.05) is 0 Å². The van der Waals surface area contributed by atoms with Gasteiger partial charge in [-0.25, -0.2) is 4.28 Å². The van der Waals surface area contributed by atoms with Gasteiger partial charge in [0, 0.05) is 24.9 Å². The van der Waals surface area contributed by atoms with Gasteiger partial charge in [0.25, 0.3) is 0 Å². The van der Waals surface area contributed by atoms with Gasteiger partial charge in [0.15, 0.2) is 0 Å². The molecule has 14 heteroatoms. The van der Waals surface area contributed by atoms with E-state index >= 15 is 0 Å². The van der Waals surface area contributed by atoms with Gasteiger partial charge in [0.05, 0.1) is 12.1 Å². The molecule has 3 rings (SSSR count). The van der Waals surface area contributed by atoms with Crippen LogP contribution in [0.1, 0.15) is 17.3 Å². The van der Waals surface area contributed by atoms with Crippen LogP contribution in [0, 0.1) is 0 Å². The van der Waals surface area contributed by atoms with Crippen LogP contribution >= 0.6 is 11.8 Å². The number of rotatable bonds is 6. The summed E-state index contributed by atoms with van der Waals surface area (Å²) in [6.45, 7) is 0.720. The molecular formula is C18H22N2O10S2. The van der Waals surface area contributed by atoms with Crippen molar-refractivity contribution >= 4 is 44.0 Å². The SMILES string of the molecule is CC(=O)n1cc(CC(=NOS(=O)(=O)O)SC2OC(CO)C(O)C(O)C2O)c2ccccc21. The molecule has 5 atom stereocenters. The van der Waals surface area contributed by atoms with Crippen LogP contribution in [-0.4, -0.2) is 85.4 Å². The predicted octanol–water partition coefficient (Wildman–Crippen LogP) is -0.490. The van der Waals surface area contributed by atoms with Gasteiger partial charge in [0.2, 0.25) is 5.91 Å². The molecule has 1 aliphatic heterocycles. The van der Waals surface area contributed by atoms with Crippen molar-refractivity contribution < 1.29 is 47.2 Å². The lowest BCUT2D eigenvalue weighted by Gasteiger charge is -2.39. The first kappa shape index (κ1) is 24.6. The van der Waals surface area contributed by atoms with Gasteiger partial charge in [-0.2, -0.15) is 8.42 Å². The van der Waals surface area contributed by atoms with Crippen LogP contribution in [0.5, 0.6) is 0 Å². The Morgan fingerprint density at radius 2 is 1.91 bits per heavy atom. The highest BCUT2D eigenvalue weighted by Crippen LogP contribution is 2.31. The van der Waals surface area contributed by atoms with Crippen molar-refractivity contribution in [1.29, 1.82) is 0 Å². The summed E-state index contributed by atoms with van der Waals surface area (Å²) in [7, 11) is -4.94. The molecule has 1 aromatic carbocycles. The Bertz CT molecular complexity index is 1110. The second-order valence-electron chi connectivity index (χ2n) is 7.04. The number of para-hydroxylation sites is 1. The van der Waals surface area contributed by atoms with Crippen LogP contribution in [-0.2, 0) is 25.8 Å². The number of carbonyl (C=O) groups excluding carboxylic acids is 1. The zero-order chi connectivity index (χ0) is 23.6. The summed E-state index contributed by atoms with van der Waals surface area (Å²) in [5.74, 6) is -0.262. The maximum absolute atomic E-state index is 12.0. The monoisotopic (exact) mass is 490 g/mol. The third kappa shape index (κ3) is 5.47. The van der Waals surface area contributed by atoms with Crippen molar-refractivity contribution in [3.63, 3.8) is 0 Å². The number of ether oxygens (including phenoxy) is 1. The number of aromatic nitrogens is 1. The zero-order valence-corrected chi connectivity index (χ0v) is 18.3. The third-order valence-electron chi connectivity index (χ3n) is 4.81. The largest absolute Gasteiger partial charge is 0.466 e. The van der Waals surface area contributed by atoms with E-state index in [4.69, 9.17) is 9.29 Å².